The molecule has 11 heteroatoms. The molecule has 0 saturated carbocycles. The Morgan fingerprint density at radius 3 is 2.70 bits per heavy atom. The Morgan fingerprint density at radius 1 is 1.30 bits per heavy atom. The minimum atomic E-state index is -3.00. The Bertz CT molecular complexity index is 1150. The molecule has 0 spiro atoms. The number of halogens is 3. The van der Waals surface area contributed by atoms with Crippen LogP contribution in [0.2, 0.25) is 5.02 Å². The number of thiophene rings is 1. The summed E-state index contributed by atoms with van der Waals surface area (Å²) in [7, 11) is 3.25. The molecule has 0 aliphatic rings. The highest BCUT2D eigenvalue weighted by atomic mass is 35.5. The fourth-order valence-electron chi connectivity index (χ4n) is 3.29. The molecule has 2 aromatic heterocycles. The molecule has 0 atom stereocenters. The topological polar surface area (TPSA) is 76.5 Å². The highest BCUT2D eigenvalue weighted by Gasteiger charge is 2.22. The summed E-state index contributed by atoms with van der Waals surface area (Å²) >= 11 is 7.31. The van der Waals surface area contributed by atoms with E-state index >= 15 is 0 Å². The number of carbonyl (C=O) groups is 2. The van der Waals surface area contributed by atoms with Crippen LogP contribution in [0.4, 0.5) is 8.78 Å². The van der Waals surface area contributed by atoms with Gasteiger partial charge >= 0.3 is 6.61 Å². The van der Waals surface area contributed by atoms with E-state index in [0.29, 0.717) is 22.8 Å². The molecular formula is C22H23ClF2N4O3S. The first kappa shape index (κ1) is 24.7. The smallest absolute Gasteiger partial charge is 0.387 e. The quantitative estimate of drug-likeness (QED) is 0.473. The average molecular weight is 497 g/mol. The van der Waals surface area contributed by atoms with Gasteiger partial charge < -0.3 is 15.0 Å². The minimum absolute atomic E-state index is 0.112. The number of alkyl halides is 2. The Morgan fingerprint density at radius 2 is 2.03 bits per heavy atom. The van der Waals surface area contributed by atoms with Gasteiger partial charge in [0.05, 0.1) is 10.7 Å². The van der Waals surface area contributed by atoms with Crippen molar-refractivity contribution in [2.24, 2.45) is 7.05 Å². The number of amides is 2. The second-order valence-electron chi connectivity index (χ2n) is 7.24. The minimum Gasteiger partial charge on any atom is -0.433 e. The predicted octanol–water partition coefficient (Wildman–Crippen LogP) is 4.50. The van der Waals surface area contributed by atoms with Gasteiger partial charge in [0.25, 0.3) is 11.8 Å². The number of aryl methyl sites for hydroxylation is 2. The third-order valence-electron chi connectivity index (χ3n) is 4.86. The van der Waals surface area contributed by atoms with Crippen molar-refractivity contribution in [3.63, 3.8) is 0 Å². The Hall–Kier alpha value is -2.98. The molecule has 176 valence electrons. The zero-order chi connectivity index (χ0) is 24.1. The standard InChI is InChI=1S/C22H23ClF2N4O3S/c1-4-15-17(23)18(29(3)27-15)20(30)26-11-13-6-5-7-14(10-13)12-28(2)21(31)19-16(8-9-33-19)32-22(24)25/h5-10,22H,4,11-12H2,1-3H3,(H,26,30). The molecule has 0 unspecified atom stereocenters. The number of hydrogen-bond acceptors (Lipinski definition) is 5. The number of ether oxygens (including phenoxy) is 1. The van der Waals surface area contributed by atoms with Crippen molar-refractivity contribution in [2.45, 2.75) is 33.0 Å². The lowest BCUT2D eigenvalue weighted by Gasteiger charge is -2.18. The number of hydrogen-bond donors (Lipinski definition) is 1. The summed E-state index contributed by atoms with van der Waals surface area (Å²) in [5.41, 5.74) is 2.60. The van der Waals surface area contributed by atoms with Crippen molar-refractivity contribution in [1.82, 2.24) is 20.0 Å². The van der Waals surface area contributed by atoms with Crippen LogP contribution in [0.15, 0.2) is 35.7 Å². The highest BCUT2D eigenvalue weighted by Crippen LogP contribution is 2.28. The average Bonchev–Trinajstić information content (AvgIpc) is 3.34. The van der Waals surface area contributed by atoms with E-state index in [1.54, 1.807) is 14.1 Å². The normalized spacial score (nSPS) is 11.0. The van der Waals surface area contributed by atoms with Crippen LogP contribution in [0, 0.1) is 0 Å². The van der Waals surface area contributed by atoms with E-state index in [1.807, 2.05) is 31.2 Å². The maximum atomic E-state index is 12.7. The number of nitrogens with one attached hydrogen (secondary N) is 1. The first-order valence-electron chi connectivity index (χ1n) is 10.1. The van der Waals surface area contributed by atoms with Gasteiger partial charge in [-0.1, -0.05) is 42.8 Å². The van der Waals surface area contributed by atoms with Gasteiger partial charge in [0.1, 0.15) is 16.3 Å². The van der Waals surface area contributed by atoms with Crippen LogP contribution in [0.5, 0.6) is 5.75 Å². The van der Waals surface area contributed by atoms with Gasteiger partial charge in [-0.2, -0.15) is 13.9 Å². The maximum Gasteiger partial charge on any atom is 0.387 e. The highest BCUT2D eigenvalue weighted by molar-refractivity contribution is 7.12. The molecule has 0 saturated heterocycles. The maximum absolute atomic E-state index is 12.7. The van der Waals surface area contributed by atoms with E-state index in [9.17, 15) is 18.4 Å². The Kier molecular flexibility index (Phi) is 8.04. The van der Waals surface area contributed by atoms with Crippen LogP contribution < -0.4 is 10.1 Å². The van der Waals surface area contributed by atoms with Crippen molar-refractivity contribution >= 4 is 34.8 Å². The van der Waals surface area contributed by atoms with Crippen LogP contribution in [0.3, 0.4) is 0 Å². The van der Waals surface area contributed by atoms with Crippen LogP contribution in [0.1, 0.15) is 43.9 Å². The largest absolute Gasteiger partial charge is 0.433 e. The van der Waals surface area contributed by atoms with Crippen LogP contribution >= 0.6 is 22.9 Å². The first-order chi connectivity index (χ1) is 15.7. The number of aromatic nitrogens is 2. The number of carbonyl (C=O) groups excluding carboxylic acids is 2. The van der Waals surface area contributed by atoms with E-state index in [4.69, 9.17) is 11.6 Å². The van der Waals surface area contributed by atoms with Crippen molar-refractivity contribution in [1.29, 1.82) is 0 Å². The summed E-state index contributed by atoms with van der Waals surface area (Å²) in [6.45, 7) is -0.586. The number of benzene rings is 1. The Balaban J connectivity index is 1.64. The lowest BCUT2D eigenvalue weighted by Crippen LogP contribution is -2.27. The van der Waals surface area contributed by atoms with Gasteiger partial charge in [-0.15, -0.1) is 11.3 Å². The lowest BCUT2D eigenvalue weighted by molar-refractivity contribution is -0.0499. The zero-order valence-electron chi connectivity index (χ0n) is 18.3. The van der Waals surface area contributed by atoms with E-state index in [0.717, 1.165) is 22.5 Å². The molecule has 3 rings (SSSR count). The zero-order valence-corrected chi connectivity index (χ0v) is 19.8. The summed E-state index contributed by atoms with van der Waals surface area (Å²) in [5, 5.41) is 8.95. The van der Waals surface area contributed by atoms with Crippen molar-refractivity contribution < 1.29 is 23.1 Å². The van der Waals surface area contributed by atoms with Crippen LogP contribution in [0.25, 0.3) is 0 Å². The fraction of sp³-hybridized carbons (Fsp3) is 0.318. The summed E-state index contributed by atoms with van der Waals surface area (Å²) in [6.07, 6.45) is 0.620. The molecule has 7 nitrogen and oxygen atoms in total. The lowest BCUT2D eigenvalue weighted by atomic mass is 10.1. The van der Waals surface area contributed by atoms with E-state index in [2.05, 4.69) is 15.2 Å². The summed E-state index contributed by atoms with van der Waals surface area (Å²) in [4.78, 5) is 26.8. The molecule has 0 aliphatic heterocycles. The molecule has 0 fully saturated rings. The summed E-state index contributed by atoms with van der Waals surface area (Å²) in [6, 6.07) is 8.71. The molecule has 33 heavy (non-hydrogen) atoms. The fourth-order valence-corrected chi connectivity index (χ4v) is 4.49. The monoisotopic (exact) mass is 496 g/mol. The number of nitrogens with zero attached hydrogens (tertiary/aromatic N) is 3. The van der Waals surface area contributed by atoms with Crippen molar-refractivity contribution in [3.05, 3.63) is 68.1 Å². The van der Waals surface area contributed by atoms with E-state index in [-0.39, 0.29) is 29.6 Å². The van der Waals surface area contributed by atoms with Gasteiger partial charge in [0.2, 0.25) is 0 Å². The molecule has 0 radical (unpaired) electrons. The number of rotatable bonds is 9. The van der Waals surface area contributed by atoms with Crippen LogP contribution in [-0.2, 0) is 26.6 Å². The van der Waals surface area contributed by atoms with Gasteiger partial charge in [-0.3, -0.25) is 14.3 Å². The predicted molar refractivity (Wildman–Crippen MR) is 122 cm³/mol. The molecule has 1 N–H and O–H groups in total. The summed E-state index contributed by atoms with van der Waals surface area (Å²) in [5.74, 6) is -0.892. The van der Waals surface area contributed by atoms with Crippen molar-refractivity contribution in [2.75, 3.05) is 7.05 Å². The second kappa shape index (κ2) is 10.8. The molecule has 1 aromatic carbocycles. The van der Waals surface area contributed by atoms with Gasteiger partial charge in [-0.05, 0) is 29.0 Å². The molecule has 0 aliphatic carbocycles. The third kappa shape index (κ3) is 5.88. The van der Waals surface area contributed by atoms with Gasteiger partial charge in [0, 0.05) is 27.2 Å². The molecule has 0 bridgehead atoms. The molecule has 2 heterocycles. The second-order valence-corrected chi connectivity index (χ2v) is 8.54. The summed E-state index contributed by atoms with van der Waals surface area (Å²) < 4.78 is 31.0. The molecule has 3 aromatic rings. The van der Waals surface area contributed by atoms with Crippen molar-refractivity contribution in [3.8, 4) is 5.75 Å². The molecule has 2 amide bonds. The van der Waals surface area contributed by atoms with Crippen LogP contribution in [-0.4, -0.2) is 40.2 Å². The molecular weight excluding hydrogens is 474 g/mol. The van der Waals surface area contributed by atoms with Gasteiger partial charge in [-0.25, -0.2) is 0 Å². The van der Waals surface area contributed by atoms with E-state index < -0.39 is 12.5 Å². The Labute approximate surface area is 198 Å². The van der Waals surface area contributed by atoms with Gasteiger partial charge in [0.15, 0.2) is 0 Å². The first-order valence-corrected chi connectivity index (χ1v) is 11.3. The van der Waals surface area contributed by atoms with E-state index in [1.165, 1.54) is 21.0 Å². The SMILES string of the molecule is CCc1nn(C)c(C(=O)NCc2cccc(CN(C)C(=O)c3sccc3OC(F)F)c2)c1Cl. The third-order valence-corrected chi connectivity index (χ3v) is 6.14.